The molecule has 1 aliphatic rings. The van der Waals surface area contributed by atoms with E-state index in [4.69, 9.17) is 9.97 Å². The lowest BCUT2D eigenvalue weighted by atomic mass is 9.82. The van der Waals surface area contributed by atoms with Crippen LogP contribution in [0, 0.1) is 0 Å². The van der Waals surface area contributed by atoms with Crippen molar-refractivity contribution in [3.8, 4) is 45.1 Å². The molecule has 7 aromatic carbocycles. The van der Waals surface area contributed by atoms with Crippen molar-refractivity contribution in [1.29, 1.82) is 0 Å². The Morgan fingerprint density at radius 3 is 2.08 bits per heavy atom. The number of hydrogen-bond donors (Lipinski definition) is 0. The molecule has 4 nitrogen and oxygen atoms in total. The summed E-state index contributed by atoms with van der Waals surface area (Å²) >= 11 is 0. The average molecular weight is 679 g/mol. The Kier molecular flexibility index (Phi) is 6.27. The van der Waals surface area contributed by atoms with Gasteiger partial charge < -0.3 is 9.13 Å². The molecule has 0 atom stereocenters. The minimum absolute atomic E-state index is 0.0927. The fourth-order valence-electron chi connectivity index (χ4n) is 8.78. The van der Waals surface area contributed by atoms with Crippen LogP contribution in [-0.4, -0.2) is 19.1 Å². The van der Waals surface area contributed by atoms with Crippen LogP contribution >= 0.6 is 0 Å². The fraction of sp³-hybridized carbons (Fsp3) is 0.0612. The van der Waals surface area contributed by atoms with E-state index in [1.54, 1.807) is 0 Å². The highest BCUT2D eigenvalue weighted by molar-refractivity contribution is 6.18. The van der Waals surface area contributed by atoms with E-state index in [-0.39, 0.29) is 5.41 Å². The summed E-state index contributed by atoms with van der Waals surface area (Å²) in [7, 11) is 0. The quantitative estimate of drug-likeness (QED) is 0.186. The second-order valence-electron chi connectivity index (χ2n) is 14.7. The normalized spacial score (nSPS) is 13.2. The molecule has 0 amide bonds. The first-order chi connectivity index (χ1) is 26.0. The highest BCUT2D eigenvalue weighted by atomic mass is 15.0. The van der Waals surface area contributed by atoms with Gasteiger partial charge in [0, 0.05) is 55.7 Å². The molecule has 0 radical (unpaired) electrons. The monoisotopic (exact) mass is 678 g/mol. The molecule has 0 unspecified atom stereocenters. The van der Waals surface area contributed by atoms with Gasteiger partial charge >= 0.3 is 0 Å². The van der Waals surface area contributed by atoms with Gasteiger partial charge in [-0.15, -0.1) is 0 Å². The summed E-state index contributed by atoms with van der Waals surface area (Å²) < 4.78 is 4.72. The predicted molar refractivity (Wildman–Crippen MR) is 219 cm³/mol. The Balaban J connectivity index is 1.07. The standard InChI is InChI=1S/C49H34N4/c1-49(2)41-17-9-6-14-36(41)37-26-23-33(30-42(37)49)45-40-16-7-10-18-43(40)50-48(51-45)32-20-24-35(25-21-32)53-44-19-11-8-15-38(44)39-27-22-31-28-29-52(46(31)47(39)53)34-12-4-3-5-13-34/h3-30H,1-2H3. The summed E-state index contributed by atoms with van der Waals surface area (Å²) in [5.41, 5.74) is 15.0. The second kappa shape index (κ2) is 11.1. The number of aromatic nitrogens is 4. The van der Waals surface area contributed by atoms with E-state index in [1.807, 2.05) is 0 Å². The Labute approximate surface area is 307 Å². The zero-order chi connectivity index (χ0) is 35.3. The third kappa shape index (κ3) is 4.36. The van der Waals surface area contributed by atoms with Crippen molar-refractivity contribution >= 4 is 43.6 Å². The summed E-state index contributed by atoms with van der Waals surface area (Å²) in [5, 5.41) is 4.73. The third-order valence-corrected chi connectivity index (χ3v) is 11.4. The molecule has 10 aromatic rings. The molecular formula is C49H34N4. The van der Waals surface area contributed by atoms with Crippen LogP contribution in [0.2, 0.25) is 0 Å². The van der Waals surface area contributed by atoms with Gasteiger partial charge in [-0.25, -0.2) is 9.97 Å². The van der Waals surface area contributed by atoms with Crippen LogP contribution in [0.15, 0.2) is 170 Å². The summed E-state index contributed by atoms with van der Waals surface area (Å²) in [6.45, 7) is 4.65. The molecule has 0 saturated heterocycles. The van der Waals surface area contributed by atoms with E-state index in [0.29, 0.717) is 0 Å². The van der Waals surface area contributed by atoms with Crippen molar-refractivity contribution in [3.05, 3.63) is 181 Å². The first kappa shape index (κ1) is 29.9. The Morgan fingerprint density at radius 1 is 0.491 bits per heavy atom. The molecule has 0 saturated carbocycles. The first-order valence-electron chi connectivity index (χ1n) is 18.3. The Morgan fingerprint density at radius 2 is 1.21 bits per heavy atom. The van der Waals surface area contributed by atoms with Gasteiger partial charge in [-0.2, -0.15) is 0 Å². The highest BCUT2D eigenvalue weighted by Gasteiger charge is 2.35. The van der Waals surface area contributed by atoms with Crippen molar-refractivity contribution in [2.75, 3.05) is 0 Å². The molecule has 0 bridgehead atoms. The maximum absolute atomic E-state index is 5.31. The minimum atomic E-state index is -0.0927. The summed E-state index contributed by atoms with van der Waals surface area (Å²) in [6.07, 6.45) is 2.18. The Hall–Kier alpha value is -6.78. The Bertz CT molecular complexity index is 3070. The molecule has 4 heteroatoms. The lowest BCUT2D eigenvalue weighted by Crippen LogP contribution is -2.14. The van der Waals surface area contributed by atoms with Crippen molar-refractivity contribution in [1.82, 2.24) is 19.1 Å². The van der Waals surface area contributed by atoms with E-state index >= 15 is 0 Å². The fourth-order valence-corrected chi connectivity index (χ4v) is 8.78. The van der Waals surface area contributed by atoms with Gasteiger partial charge in [-0.3, -0.25) is 0 Å². The molecule has 11 rings (SSSR count). The highest BCUT2D eigenvalue weighted by Crippen LogP contribution is 2.49. The zero-order valence-corrected chi connectivity index (χ0v) is 29.5. The summed E-state index contributed by atoms with van der Waals surface area (Å²) in [5.74, 6) is 0.718. The van der Waals surface area contributed by atoms with Crippen molar-refractivity contribution in [3.63, 3.8) is 0 Å². The topological polar surface area (TPSA) is 35.6 Å². The van der Waals surface area contributed by atoms with E-state index in [9.17, 15) is 0 Å². The molecule has 3 aromatic heterocycles. The van der Waals surface area contributed by atoms with E-state index in [2.05, 4.69) is 193 Å². The second-order valence-corrected chi connectivity index (χ2v) is 14.7. The van der Waals surface area contributed by atoms with Crippen LogP contribution in [0.1, 0.15) is 25.0 Å². The molecule has 0 spiro atoms. The van der Waals surface area contributed by atoms with Crippen molar-refractivity contribution in [2.45, 2.75) is 19.3 Å². The van der Waals surface area contributed by atoms with Gasteiger partial charge in [0.25, 0.3) is 0 Å². The number of benzene rings is 7. The van der Waals surface area contributed by atoms with Crippen molar-refractivity contribution < 1.29 is 0 Å². The largest absolute Gasteiger partial charge is 0.315 e. The van der Waals surface area contributed by atoms with E-state index in [1.165, 1.54) is 55.0 Å². The lowest BCUT2D eigenvalue weighted by Gasteiger charge is -2.22. The van der Waals surface area contributed by atoms with Gasteiger partial charge in [-0.05, 0) is 82.9 Å². The smallest absolute Gasteiger partial charge is 0.160 e. The van der Waals surface area contributed by atoms with Gasteiger partial charge in [0.15, 0.2) is 5.82 Å². The molecule has 53 heavy (non-hydrogen) atoms. The first-order valence-corrected chi connectivity index (χ1v) is 18.3. The predicted octanol–water partition coefficient (Wildman–Crippen LogP) is 12.3. The average Bonchev–Trinajstić information content (AvgIpc) is 3.86. The van der Waals surface area contributed by atoms with Gasteiger partial charge in [-0.1, -0.05) is 117 Å². The zero-order valence-electron chi connectivity index (χ0n) is 29.5. The van der Waals surface area contributed by atoms with Crippen LogP contribution < -0.4 is 0 Å². The van der Waals surface area contributed by atoms with Gasteiger partial charge in [0.05, 0.1) is 27.8 Å². The van der Waals surface area contributed by atoms with Gasteiger partial charge in [0.1, 0.15) is 0 Å². The van der Waals surface area contributed by atoms with Crippen LogP contribution in [0.3, 0.4) is 0 Å². The number of nitrogens with zero attached hydrogens (tertiary/aromatic N) is 4. The maximum atomic E-state index is 5.31. The number of rotatable bonds is 4. The number of para-hydroxylation sites is 3. The van der Waals surface area contributed by atoms with Crippen molar-refractivity contribution in [2.24, 2.45) is 0 Å². The lowest BCUT2D eigenvalue weighted by molar-refractivity contribution is 0.660. The number of hydrogen-bond acceptors (Lipinski definition) is 2. The van der Waals surface area contributed by atoms with Gasteiger partial charge in [0.2, 0.25) is 0 Å². The van der Waals surface area contributed by atoms with E-state index < -0.39 is 0 Å². The van der Waals surface area contributed by atoms with E-state index in [0.717, 1.165) is 44.9 Å². The SMILES string of the molecule is CC1(C)c2ccccc2-c2ccc(-c3nc(-c4ccc(-n5c6ccccc6c6ccc7ccn(-c8ccccc8)c7c65)cc4)nc4ccccc34)cc21. The summed E-state index contributed by atoms with van der Waals surface area (Å²) in [6, 6.07) is 58.8. The summed E-state index contributed by atoms with van der Waals surface area (Å²) in [4.78, 5) is 10.4. The van der Waals surface area contributed by atoms with Crippen LogP contribution in [0.5, 0.6) is 0 Å². The molecule has 3 heterocycles. The minimum Gasteiger partial charge on any atom is -0.315 e. The van der Waals surface area contributed by atoms with Crippen LogP contribution in [-0.2, 0) is 5.41 Å². The molecule has 250 valence electrons. The molecule has 0 N–H and O–H groups in total. The van der Waals surface area contributed by atoms with Crippen LogP contribution in [0.25, 0.3) is 88.8 Å². The molecule has 0 aliphatic heterocycles. The number of fused-ring (bicyclic) bond motifs is 9. The van der Waals surface area contributed by atoms with Crippen LogP contribution in [0.4, 0.5) is 0 Å². The molecular weight excluding hydrogens is 645 g/mol. The molecule has 0 fully saturated rings. The molecule has 1 aliphatic carbocycles. The maximum Gasteiger partial charge on any atom is 0.160 e. The third-order valence-electron chi connectivity index (χ3n) is 11.4.